The third-order valence-corrected chi connectivity index (χ3v) is 2.52. The summed E-state index contributed by atoms with van der Waals surface area (Å²) >= 11 is 0. The maximum atomic E-state index is 11.8. The molecule has 0 heterocycles. The maximum Gasteiger partial charge on any atom is 0.227 e. The van der Waals surface area contributed by atoms with Crippen LogP contribution in [0.5, 0.6) is 0 Å². The molecule has 2 aromatic carbocycles. The van der Waals surface area contributed by atoms with Gasteiger partial charge in [0.05, 0.1) is 6.57 Å². The fourth-order valence-electron chi connectivity index (χ4n) is 1.67. The Balaban J connectivity index is 2.06. The first kappa shape index (κ1) is 11.9. The van der Waals surface area contributed by atoms with E-state index in [9.17, 15) is 4.79 Å². The molecule has 0 aromatic heterocycles. The highest BCUT2D eigenvalue weighted by molar-refractivity contribution is 5.93. The molecule has 0 aliphatic carbocycles. The summed E-state index contributed by atoms with van der Waals surface area (Å²) in [5.74, 6) is -0.114. The number of rotatable bonds is 3. The molecule has 0 aliphatic rings. The number of para-hydroxylation sites is 2. The molecule has 0 unspecified atom stereocenters. The molecular formula is C15H12N2O. The van der Waals surface area contributed by atoms with E-state index in [1.54, 1.807) is 18.2 Å². The molecule has 0 spiro atoms. The van der Waals surface area contributed by atoms with Crippen LogP contribution in [0.15, 0.2) is 54.6 Å². The third kappa shape index (κ3) is 2.96. The summed E-state index contributed by atoms with van der Waals surface area (Å²) < 4.78 is 0. The van der Waals surface area contributed by atoms with Crippen LogP contribution in [-0.4, -0.2) is 5.91 Å². The van der Waals surface area contributed by atoms with Crippen LogP contribution in [0.25, 0.3) is 4.85 Å². The smallest absolute Gasteiger partial charge is 0.227 e. The summed E-state index contributed by atoms with van der Waals surface area (Å²) in [6.07, 6.45) is 0.216. The molecule has 0 aliphatic heterocycles. The number of hydrogen-bond acceptors (Lipinski definition) is 1. The van der Waals surface area contributed by atoms with E-state index in [2.05, 4.69) is 10.2 Å². The van der Waals surface area contributed by atoms with Crippen molar-refractivity contribution in [2.75, 3.05) is 5.32 Å². The van der Waals surface area contributed by atoms with E-state index in [0.29, 0.717) is 5.69 Å². The molecule has 3 nitrogen and oxygen atoms in total. The fourth-order valence-corrected chi connectivity index (χ4v) is 1.67. The highest BCUT2D eigenvalue weighted by Gasteiger charge is 2.07. The van der Waals surface area contributed by atoms with Crippen molar-refractivity contribution in [3.63, 3.8) is 0 Å². The summed E-state index contributed by atoms with van der Waals surface area (Å²) in [4.78, 5) is 15.2. The lowest BCUT2D eigenvalue weighted by Crippen LogP contribution is -2.14. The first-order valence-electron chi connectivity index (χ1n) is 5.60. The molecule has 0 fully saturated rings. The standard InChI is InChI=1S/C15H12N2O/c1-16-14-10-6-5-7-12(14)11-15(18)17-13-8-3-2-4-9-13/h2-10H,11H2,(H,17,18). The van der Waals surface area contributed by atoms with Gasteiger partial charge in [-0.1, -0.05) is 42.5 Å². The van der Waals surface area contributed by atoms with Gasteiger partial charge >= 0.3 is 0 Å². The second kappa shape index (κ2) is 5.65. The number of carbonyl (C=O) groups is 1. The quantitative estimate of drug-likeness (QED) is 0.814. The largest absolute Gasteiger partial charge is 0.326 e. The minimum absolute atomic E-state index is 0.114. The number of hydrogen-bond donors (Lipinski definition) is 1. The van der Waals surface area contributed by atoms with Crippen LogP contribution in [0.1, 0.15) is 5.56 Å². The number of anilines is 1. The van der Waals surface area contributed by atoms with Crippen molar-refractivity contribution >= 4 is 17.3 Å². The minimum Gasteiger partial charge on any atom is -0.326 e. The SMILES string of the molecule is [C-]#[N+]c1ccccc1CC(=O)Nc1ccccc1. The lowest BCUT2D eigenvalue weighted by molar-refractivity contribution is -0.115. The number of carbonyl (C=O) groups excluding carboxylic acids is 1. The zero-order valence-corrected chi connectivity index (χ0v) is 9.76. The second-order valence-corrected chi connectivity index (χ2v) is 3.83. The van der Waals surface area contributed by atoms with Gasteiger partial charge in [-0.05, 0) is 17.7 Å². The Morgan fingerprint density at radius 2 is 1.72 bits per heavy atom. The Morgan fingerprint density at radius 3 is 2.44 bits per heavy atom. The average molecular weight is 236 g/mol. The van der Waals surface area contributed by atoms with E-state index in [1.165, 1.54) is 0 Å². The Bertz CT molecular complexity index is 585. The molecule has 88 valence electrons. The van der Waals surface area contributed by atoms with Gasteiger partial charge in [-0.25, -0.2) is 4.85 Å². The predicted molar refractivity (Wildman–Crippen MR) is 71.5 cm³/mol. The fraction of sp³-hybridized carbons (Fsp3) is 0.0667. The highest BCUT2D eigenvalue weighted by atomic mass is 16.1. The lowest BCUT2D eigenvalue weighted by Gasteiger charge is -2.06. The first-order chi connectivity index (χ1) is 8.79. The molecule has 0 radical (unpaired) electrons. The molecule has 1 N–H and O–H groups in total. The van der Waals surface area contributed by atoms with Crippen LogP contribution >= 0.6 is 0 Å². The summed E-state index contributed by atoms with van der Waals surface area (Å²) in [5, 5.41) is 2.80. The van der Waals surface area contributed by atoms with Crippen LogP contribution < -0.4 is 5.32 Å². The summed E-state index contributed by atoms with van der Waals surface area (Å²) in [6, 6.07) is 16.4. The minimum atomic E-state index is -0.114. The van der Waals surface area contributed by atoms with Crippen LogP contribution in [0.4, 0.5) is 11.4 Å². The molecule has 2 rings (SSSR count). The van der Waals surface area contributed by atoms with E-state index in [0.717, 1.165) is 11.3 Å². The van der Waals surface area contributed by atoms with Crippen LogP contribution in [-0.2, 0) is 11.2 Å². The van der Waals surface area contributed by atoms with E-state index >= 15 is 0 Å². The van der Waals surface area contributed by atoms with Crippen molar-refractivity contribution in [3.05, 3.63) is 71.6 Å². The van der Waals surface area contributed by atoms with Crippen molar-refractivity contribution in [1.82, 2.24) is 0 Å². The monoisotopic (exact) mass is 236 g/mol. The zero-order valence-electron chi connectivity index (χ0n) is 9.76. The summed E-state index contributed by atoms with van der Waals surface area (Å²) in [6.45, 7) is 7.04. The molecule has 0 bridgehead atoms. The van der Waals surface area contributed by atoms with Crippen LogP contribution in [0, 0.1) is 6.57 Å². The van der Waals surface area contributed by atoms with Crippen molar-refractivity contribution in [3.8, 4) is 0 Å². The second-order valence-electron chi connectivity index (χ2n) is 3.83. The van der Waals surface area contributed by atoms with Gasteiger partial charge in [0.2, 0.25) is 5.91 Å². The van der Waals surface area contributed by atoms with Crippen molar-refractivity contribution < 1.29 is 4.79 Å². The molecule has 1 amide bonds. The average Bonchev–Trinajstić information content (AvgIpc) is 2.40. The maximum absolute atomic E-state index is 11.8. The molecule has 18 heavy (non-hydrogen) atoms. The molecule has 3 heteroatoms. The zero-order chi connectivity index (χ0) is 12.8. The number of benzene rings is 2. The van der Waals surface area contributed by atoms with E-state index < -0.39 is 0 Å². The van der Waals surface area contributed by atoms with Gasteiger partial charge in [0.25, 0.3) is 0 Å². The summed E-state index contributed by atoms with van der Waals surface area (Å²) in [5.41, 5.74) is 2.05. The van der Waals surface area contributed by atoms with Crippen LogP contribution in [0.3, 0.4) is 0 Å². The van der Waals surface area contributed by atoms with E-state index in [4.69, 9.17) is 6.57 Å². The lowest BCUT2D eigenvalue weighted by atomic mass is 10.1. The predicted octanol–water partition coefficient (Wildman–Crippen LogP) is 3.42. The first-order valence-corrected chi connectivity index (χ1v) is 5.60. The Hall–Kier alpha value is -2.60. The van der Waals surface area contributed by atoms with Gasteiger partial charge in [0, 0.05) is 12.1 Å². The topological polar surface area (TPSA) is 33.5 Å². The van der Waals surface area contributed by atoms with E-state index in [1.807, 2.05) is 36.4 Å². The van der Waals surface area contributed by atoms with Gasteiger partial charge in [-0.15, -0.1) is 0 Å². The van der Waals surface area contributed by atoms with Gasteiger partial charge in [0.1, 0.15) is 0 Å². The van der Waals surface area contributed by atoms with Crippen LogP contribution in [0.2, 0.25) is 0 Å². The van der Waals surface area contributed by atoms with Crippen molar-refractivity contribution in [2.45, 2.75) is 6.42 Å². The molecular weight excluding hydrogens is 224 g/mol. The van der Waals surface area contributed by atoms with Crippen molar-refractivity contribution in [1.29, 1.82) is 0 Å². The number of nitrogens with zero attached hydrogens (tertiary/aromatic N) is 1. The highest BCUT2D eigenvalue weighted by Crippen LogP contribution is 2.19. The van der Waals surface area contributed by atoms with Crippen molar-refractivity contribution in [2.24, 2.45) is 0 Å². The molecule has 0 atom stereocenters. The molecule has 2 aromatic rings. The Kier molecular flexibility index (Phi) is 3.72. The Labute approximate surface area is 106 Å². The molecule has 0 saturated carbocycles. The van der Waals surface area contributed by atoms with Gasteiger partial charge < -0.3 is 5.32 Å². The number of amides is 1. The normalized spacial score (nSPS) is 9.50. The summed E-state index contributed by atoms with van der Waals surface area (Å²) in [7, 11) is 0. The van der Waals surface area contributed by atoms with Gasteiger partial charge in [0.15, 0.2) is 5.69 Å². The Morgan fingerprint density at radius 1 is 1.06 bits per heavy atom. The third-order valence-electron chi connectivity index (χ3n) is 2.52. The molecule has 0 saturated heterocycles. The van der Waals surface area contributed by atoms with E-state index in [-0.39, 0.29) is 12.3 Å². The van der Waals surface area contributed by atoms with Gasteiger partial charge in [-0.2, -0.15) is 0 Å². The van der Waals surface area contributed by atoms with Gasteiger partial charge in [-0.3, -0.25) is 4.79 Å². The number of nitrogens with one attached hydrogen (secondary N) is 1.